The van der Waals surface area contributed by atoms with E-state index in [9.17, 15) is 0 Å². The van der Waals surface area contributed by atoms with Crippen LogP contribution in [-0.4, -0.2) is 0 Å². The van der Waals surface area contributed by atoms with Crippen LogP contribution in [0.25, 0.3) is 34.4 Å². The summed E-state index contributed by atoms with van der Waals surface area (Å²) < 4.78 is 4.22. The molecule has 3 heteroatoms. The fourth-order valence-corrected chi connectivity index (χ4v) is 25.4. The monoisotopic (exact) mass is 836 g/mol. The van der Waals surface area contributed by atoms with Gasteiger partial charge in [0.25, 0.3) is 0 Å². The quantitative estimate of drug-likeness (QED) is 0.193. The maximum Gasteiger partial charge on any atom is -1.00 e. The molecule has 1 saturated heterocycles. The van der Waals surface area contributed by atoms with Gasteiger partial charge in [-0.3, -0.25) is 0 Å². The maximum absolute atomic E-state index is 2.90. The van der Waals surface area contributed by atoms with Gasteiger partial charge >= 0.3 is 324 Å². The van der Waals surface area contributed by atoms with Crippen LogP contribution < -0.4 is 24.8 Å². The van der Waals surface area contributed by atoms with E-state index in [0.29, 0.717) is 7.25 Å². The van der Waals surface area contributed by atoms with Crippen LogP contribution in [0.15, 0.2) is 83.9 Å². The van der Waals surface area contributed by atoms with Crippen LogP contribution in [-0.2, 0) is 41.9 Å². The molecule has 2 unspecified atom stereocenters. The molecule has 286 valence electrons. The Hall–Kier alpha value is -2.18. The number of allylic oxidation sites excluding steroid dienone is 2. The Morgan fingerprint density at radius 2 is 0.778 bits per heavy atom. The van der Waals surface area contributed by atoms with E-state index < -0.39 is 20.3 Å². The fraction of sp³-hybridized carbons (Fsp3) is 0.451. The Morgan fingerprint density at radius 3 is 1.04 bits per heavy atom. The van der Waals surface area contributed by atoms with E-state index in [1.807, 2.05) is 0 Å². The predicted molar refractivity (Wildman–Crippen MR) is 226 cm³/mol. The van der Waals surface area contributed by atoms with Crippen molar-refractivity contribution in [3.05, 3.63) is 128 Å². The zero-order chi connectivity index (χ0) is 37.8. The zero-order valence-electron chi connectivity index (χ0n) is 35.6. The Morgan fingerprint density at radius 1 is 0.463 bits per heavy atom. The first kappa shape index (κ1) is 43.0. The molecule has 0 nitrogen and oxygen atoms in total. The number of hydrogen-bond donors (Lipinski definition) is 0. The minimum absolute atomic E-state index is 0. The molecular weight excluding hydrogens is 775 g/mol. The molecule has 0 radical (unpaired) electrons. The SMILES string of the molecule is CC1=Cc2c(-c3cc(C(C)(C)C)cc(C(C)(C)C)c3)cccc2[CH]1[Zr+2]1([CH]2C(C)=Cc3c(-c4cc(C(C)(C)C)cc(C(C)(C)C)c4)cccc32)[CH2]C[CH2]1.[Cl-].[Cl-]. The van der Waals surface area contributed by atoms with Crippen molar-refractivity contribution < 1.29 is 45.1 Å². The summed E-state index contributed by atoms with van der Waals surface area (Å²) in [4.78, 5) is 0. The number of benzene rings is 4. The van der Waals surface area contributed by atoms with E-state index in [0.717, 1.165) is 0 Å². The van der Waals surface area contributed by atoms with Crippen molar-refractivity contribution in [2.45, 2.75) is 141 Å². The summed E-state index contributed by atoms with van der Waals surface area (Å²) in [7, 11) is 0. The summed E-state index contributed by atoms with van der Waals surface area (Å²) in [6.07, 6.45) is 6.63. The van der Waals surface area contributed by atoms with Crippen LogP contribution in [0.5, 0.6) is 0 Å². The number of hydrogen-bond acceptors (Lipinski definition) is 0. The Balaban J connectivity index is 0.00000280. The zero-order valence-corrected chi connectivity index (χ0v) is 39.6. The molecular formula is C51H64Cl2Zr. The van der Waals surface area contributed by atoms with E-state index in [1.165, 1.54) is 70.3 Å². The van der Waals surface area contributed by atoms with Gasteiger partial charge in [-0.2, -0.15) is 0 Å². The molecule has 4 aromatic carbocycles. The third-order valence-corrected chi connectivity index (χ3v) is 28.7. The van der Waals surface area contributed by atoms with Gasteiger partial charge in [-0.1, -0.05) is 0 Å². The predicted octanol–water partition coefficient (Wildman–Crippen LogP) is 9.23. The second-order valence-electron chi connectivity index (χ2n) is 20.9. The Kier molecular flexibility index (Phi) is 11.6. The maximum atomic E-state index is 2.62. The molecule has 0 N–H and O–H groups in total. The molecule has 54 heavy (non-hydrogen) atoms. The Bertz CT molecular complexity index is 1920. The van der Waals surface area contributed by atoms with Crippen molar-refractivity contribution in [1.29, 1.82) is 0 Å². The van der Waals surface area contributed by atoms with E-state index in [4.69, 9.17) is 0 Å². The van der Waals surface area contributed by atoms with E-state index in [1.54, 1.807) is 22.3 Å². The molecule has 7 rings (SSSR count). The van der Waals surface area contributed by atoms with Crippen LogP contribution in [0.3, 0.4) is 0 Å². The van der Waals surface area contributed by atoms with Gasteiger partial charge in [0.15, 0.2) is 0 Å². The molecule has 3 aliphatic rings. The number of rotatable bonds is 4. The standard InChI is InChI=1S/2C24H29.C3H6.2ClH.Zr/c2*1-16-11-17-9-8-10-21(22(17)12-16)18-13-19(23(2,3)4)15-20(14-18)24(5,6)7;1-3-2;;;/h2*8-15H,1-7H3;1-3H2;2*1H;/q;;;;;+2/p-2. The molecule has 1 fully saturated rings. The summed E-state index contributed by atoms with van der Waals surface area (Å²) in [5.41, 5.74) is 21.2. The normalized spacial score (nSPS) is 18.6. The summed E-state index contributed by atoms with van der Waals surface area (Å²) >= 11 is -2.90. The van der Waals surface area contributed by atoms with Crippen molar-refractivity contribution in [1.82, 2.24) is 0 Å². The van der Waals surface area contributed by atoms with Crippen molar-refractivity contribution in [2.24, 2.45) is 0 Å². The second-order valence-corrected chi connectivity index (χ2v) is 32.3. The van der Waals surface area contributed by atoms with E-state index in [2.05, 4.69) is 182 Å². The summed E-state index contributed by atoms with van der Waals surface area (Å²) in [6.45, 7) is 33.2. The minimum atomic E-state index is -2.90. The minimum Gasteiger partial charge on any atom is -1.00 e. The molecule has 4 aromatic rings. The molecule has 0 amide bonds. The van der Waals surface area contributed by atoms with Crippen LogP contribution >= 0.6 is 0 Å². The van der Waals surface area contributed by atoms with Gasteiger partial charge in [0, 0.05) is 0 Å². The molecule has 0 aromatic heterocycles. The third kappa shape index (κ3) is 7.50. The van der Waals surface area contributed by atoms with Crippen LogP contribution in [0.4, 0.5) is 0 Å². The smallest absolute Gasteiger partial charge is 1.00 e. The van der Waals surface area contributed by atoms with Crippen molar-refractivity contribution in [3.63, 3.8) is 0 Å². The first-order chi connectivity index (χ1) is 24.1. The van der Waals surface area contributed by atoms with Gasteiger partial charge in [-0.15, -0.1) is 0 Å². The molecule has 2 atom stereocenters. The van der Waals surface area contributed by atoms with E-state index in [-0.39, 0.29) is 46.5 Å². The Labute approximate surface area is 346 Å². The second kappa shape index (κ2) is 14.6. The summed E-state index contributed by atoms with van der Waals surface area (Å²) in [6, 6.07) is 29.5. The van der Waals surface area contributed by atoms with Gasteiger partial charge in [-0.25, -0.2) is 0 Å². The molecule has 0 spiro atoms. The molecule has 2 aliphatic carbocycles. The molecule has 0 saturated carbocycles. The summed E-state index contributed by atoms with van der Waals surface area (Å²) in [5, 5.41) is 0. The van der Waals surface area contributed by atoms with Gasteiger partial charge in [-0.05, 0) is 0 Å². The van der Waals surface area contributed by atoms with Crippen LogP contribution in [0.2, 0.25) is 8.26 Å². The van der Waals surface area contributed by atoms with Crippen LogP contribution in [0.1, 0.15) is 155 Å². The average molecular weight is 839 g/mol. The number of fused-ring (bicyclic) bond motifs is 2. The summed E-state index contributed by atoms with van der Waals surface area (Å²) in [5.74, 6) is 0. The van der Waals surface area contributed by atoms with Gasteiger partial charge in [0.1, 0.15) is 0 Å². The van der Waals surface area contributed by atoms with Crippen molar-refractivity contribution >= 4 is 12.2 Å². The van der Waals surface area contributed by atoms with Gasteiger partial charge < -0.3 is 24.8 Å². The van der Waals surface area contributed by atoms with Crippen LogP contribution in [0, 0.1) is 0 Å². The number of halogens is 2. The van der Waals surface area contributed by atoms with Gasteiger partial charge in [0.2, 0.25) is 0 Å². The van der Waals surface area contributed by atoms with Crippen molar-refractivity contribution in [3.8, 4) is 22.3 Å². The fourth-order valence-electron chi connectivity index (χ4n) is 9.76. The third-order valence-electron chi connectivity index (χ3n) is 12.9. The van der Waals surface area contributed by atoms with Crippen molar-refractivity contribution in [2.75, 3.05) is 0 Å². The largest absolute Gasteiger partial charge is 1.00 e. The van der Waals surface area contributed by atoms with E-state index >= 15 is 0 Å². The first-order valence-electron chi connectivity index (χ1n) is 20.0. The average Bonchev–Trinajstić information content (AvgIpc) is 3.54. The molecule has 0 bridgehead atoms. The first-order valence-corrected chi connectivity index (χ1v) is 26.4. The molecule has 1 heterocycles. The molecule has 1 aliphatic heterocycles. The van der Waals surface area contributed by atoms with Gasteiger partial charge in [0.05, 0.1) is 0 Å². The topological polar surface area (TPSA) is 0 Å².